The predicted octanol–water partition coefficient (Wildman–Crippen LogP) is -3.02. The van der Waals surface area contributed by atoms with E-state index >= 15 is 0 Å². The van der Waals surface area contributed by atoms with Crippen molar-refractivity contribution in [2.24, 2.45) is 0 Å². The molecule has 0 aliphatic carbocycles. The molecule has 0 bridgehead atoms. The van der Waals surface area contributed by atoms with Crippen molar-refractivity contribution in [3.05, 3.63) is 24.0 Å². The number of rotatable bonds is 4. The fraction of sp³-hybridized carbons (Fsp3) is 0.250. The Morgan fingerprint density at radius 3 is 2.80 bits per heavy atom. The Balaban J connectivity index is 0.00000196. The Kier molecular flexibility index (Phi) is 6.38. The van der Waals surface area contributed by atoms with Gasteiger partial charge in [0, 0.05) is 30.3 Å². The van der Waals surface area contributed by atoms with Gasteiger partial charge in [-0.05, 0) is 6.07 Å². The van der Waals surface area contributed by atoms with Crippen molar-refractivity contribution >= 4 is 5.97 Å². The summed E-state index contributed by atoms with van der Waals surface area (Å²) in [6.45, 7) is -2.94. The summed E-state index contributed by atoms with van der Waals surface area (Å²) in [5, 5.41) is 10.2. The number of aromatic nitrogens is 1. The van der Waals surface area contributed by atoms with Gasteiger partial charge >= 0.3 is 36.2 Å². The number of pyridine rings is 1. The van der Waals surface area contributed by atoms with Crippen LogP contribution < -0.4 is 39.4 Å². The third-order valence-corrected chi connectivity index (χ3v) is 1.34. The third kappa shape index (κ3) is 5.66. The average molecular weight is 225 g/mol. The van der Waals surface area contributed by atoms with Crippen LogP contribution in [0.1, 0.15) is 5.69 Å². The summed E-state index contributed by atoms with van der Waals surface area (Å²) in [5.41, 5.74) is 0.114. The first-order valence-corrected chi connectivity index (χ1v) is 3.67. The van der Waals surface area contributed by atoms with E-state index in [0.29, 0.717) is 0 Å². The molecule has 1 aromatic rings. The summed E-state index contributed by atoms with van der Waals surface area (Å²) >= 11 is 0. The van der Waals surface area contributed by atoms with Gasteiger partial charge in [-0.2, -0.15) is 8.78 Å². The van der Waals surface area contributed by atoms with E-state index in [4.69, 9.17) is 0 Å². The van der Waals surface area contributed by atoms with E-state index in [2.05, 4.69) is 9.72 Å². The van der Waals surface area contributed by atoms with Crippen LogP contribution in [-0.4, -0.2) is 17.6 Å². The van der Waals surface area contributed by atoms with Crippen LogP contribution in [0.5, 0.6) is 5.75 Å². The monoisotopic (exact) mass is 225 g/mol. The number of ether oxygens (including phenoxy) is 1. The maximum atomic E-state index is 11.7. The van der Waals surface area contributed by atoms with Gasteiger partial charge in [-0.3, -0.25) is 4.98 Å². The topological polar surface area (TPSA) is 62.2 Å². The third-order valence-electron chi connectivity index (χ3n) is 1.34. The standard InChI is InChI=1S/C8H7F2NO3.Na/c9-8(10)14-6-1-2-11-5(3-6)4-7(12)13;/h1-3,8H,4H2,(H,12,13);/q;+1/p-1. The molecule has 7 heteroatoms. The molecule has 0 aromatic carbocycles. The van der Waals surface area contributed by atoms with Crippen LogP contribution in [0.25, 0.3) is 0 Å². The second-order valence-electron chi connectivity index (χ2n) is 2.41. The van der Waals surface area contributed by atoms with Crippen LogP contribution in [0.15, 0.2) is 18.3 Å². The number of carbonyl (C=O) groups is 1. The van der Waals surface area contributed by atoms with E-state index < -0.39 is 19.0 Å². The van der Waals surface area contributed by atoms with Gasteiger partial charge in [0.05, 0.1) is 0 Å². The Hall–Kier alpha value is -0.720. The number of halogens is 2. The zero-order valence-corrected chi connectivity index (χ0v) is 9.94. The molecule has 0 fully saturated rings. The van der Waals surface area contributed by atoms with Crippen molar-refractivity contribution in [2.75, 3.05) is 0 Å². The number of carboxylic acids is 1. The van der Waals surface area contributed by atoms with Gasteiger partial charge in [0.15, 0.2) is 0 Å². The first-order chi connectivity index (χ1) is 6.58. The number of hydrogen-bond acceptors (Lipinski definition) is 4. The number of hydrogen-bond donors (Lipinski definition) is 0. The van der Waals surface area contributed by atoms with Crippen molar-refractivity contribution in [2.45, 2.75) is 13.0 Å². The molecule has 0 radical (unpaired) electrons. The molecule has 0 aliphatic rings. The predicted molar refractivity (Wildman–Crippen MR) is 39.6 cm³/mol. The normalized spacial score (nSPS) is 9.53. The van der Waals surface area contributed by atoms with Gasteiger partial charge in [0.2, 0.25) is 0 Å². The van der Waals surface area contributed by atoms with E-state index in [1.807, 2.05) is 0 Å². The molecule has 0 atom stereocenters. The van der Waals surface area contributed by atoms with Gasteiger partial charge < -0.3 is 14.6 Å². The van der Waals surface area contributed by atoms with Crippen LogP contribution in [-0.2, 0) is 11.2 Å². The Labute approximate surface area is 107 Å². The average Bonchev–Trinajstić information content (AvgIpc) is 2.01. The van der Waals surface area contributed by atoms with Gasteiger partial charge in [-0.1, -0.05) is 0 Å². The first kappa shape index (κ1) is 14.3. The van der Waals surface area contributed by atoms with Gasteiger partial charge in [-0.25, -0.2) is 0 Å². The van der Waals surface area contributed by atoms with Gasteiger partial charge in [-0.15, -0.1) is 0 Å². The Morgan fingerprint density at radius 2 is 2.27 bits per heavy atom. The van der Waals surface area contributed by atoms with Gasteiger partial charge in [0.25, 0.3) is 0 Å². The molecule has 76 valence electrons. The molecule has 0 spiro atoms. The maximum absolute atomic E-state index is 11.7. The van der Waals surface area contributed by atoms with Crippen molar-refractivity contribution in [3.8, 4) is 5.75 Å². The summed E-state index contributed by atoms with van der Waals surface area (Å²) < 4.78 is 27.5. The molecule has 4 nitrogen and oxygen atoms in total. The number of nitrogens with zero attached hydrogens (tertiary/aromatic N) is 1. The molecule has 0 unspecified atom stereocenters. The van der Waals surface area contributed by atoms with Crippen molar-refractivity contribution in [3.63, 3.8) is 0 Å². The van der Waals surface area contributed by atoms with Crippen molar-refractivity contribution in [1.29, 1.82) is 0 Å². The molecule has 1 aromatic heterocycles. The minimum atomic E-state index is -2.94. The van der Waals surface area contributed by atoms with Crippen LogP contribution in [0.2, 0.25) is 0 Å². The Bertz CT molecular complexity index is 335. The number of alkyl halides is 2. The largest absolute Gasteiger partial charge is 1.00 e. The molecule has 1 rings (SSSR count). The van der Waals surface area contributed by atoms with E-state index in [1.54, 1.807) is 0 Å². The first-order valence-electron chi connectivity index (χ1n) is 3.67. The maximum Gasteiger partial charge on any atom is 1.00 e. The van der Waals surface area contributed by atoms with Crippen molar-refractivity contribution in [1.82, 2.24) is 4.98 Å². The molecule has 0 N–H and O–H groups in total. The minimum Gasteiger partial charge on any atom is -0.550 e. The molecule has 0 saturated carbocycles. The summed E-state index contributed by atoms with van der Waals surface area (Å²) in [6.07, 6.45) is 0.760. The van der Waals surface area contributed by atoms with Crippen LogP contribution >= 0.6 is 0 Å². The summed E-state index contributed by atoms with van der Waals surface area (Å²) in [6, 6.07) is 2.34. The summed E-state index contributed by atoms with van der Waals surface area (Å²) in [7, 11) is 0. The minimum absolute atomic E-state index is 0. The number of aliphatic carboxylic acids is 1. The fourth-order valence-electron chi connectivity index (χ4n) is 0.877. The molecule has 0 saturated heterocycles. The van der Waals surface area contributed by atoms with Crippen LogP contribution in [0.3, 0.4) is 0 Å². The quantitative estimate of drug-likeness (QED) is 0.512. The second-order valence-corrected chi connectivity index (χ2v) is 2.41. The molecule has 0 aliphatic heterocycles. The Morgan fingerprint density at radius 1 is 1.60 bits per heavy atom. The van der Waals surface area contributed by atoms with Crippen LogP contribution in [0.4, 0.5) is 8.78 Å². The van der Waals surface area contributed by atoms with Crippen molar-refractivity contribution < 1.29 is 53.0 Å². The SMILES string of the molecule is O=C([O-])Cc1cc(OC(F)F)ccn1.[Na+]. The molecule has 1 heterocycles. The van der Waals surface area contributed by atoms with E-state index in [9.17, 15) is 18.7 Å². The van der Waals surface area contributed by atoms with E-state index in [0.717, 1.165) is 6.07 Å². The number of carboxylic acid groups (broad SMARTS) is 1. The summed E-state index contributed by atoms with van der Waals surface area (Å²) in [4.78, 5) is 13.8. The smallest absolute Gasteiger partial charge is 0.550 e. The van der Waals surface area contributed by atoms with Gasteiger partial charge in [0.1, 0.15) is 5.75 Å². The van der Waals surface area contributed by atoms with E-state index in [-0.39, 0.29) is 41.0 Å². The summed E-state index contributed by atoms with van der Waals surface area (Å²) in [5.74, 6) is -1.45. The molecule has 0 amide bonds. The second kappa shape index (κ2) is 6.71. The van der Waals surface area contributed by atoms with Crippen LogP contribution in [0, 0.1) is 0 Å². The molecular weight excluding hydrogens is 219 g/mol. The molecular formula is C8H6F2NNaO3. The molecule has 15 heavy (non-hydrogen) atoms. The number of carbonyl (C=O) groups excluding carboxylic acids is 1. The van der Waals surface area contributed by atoms with E-state index in [1.165, 1.54) is 12.3 Å². The zero-order valence-electron chi connectivity index (χ0n) is 7.94. The zero-order chi connectivity index (χ0) is 10.6. The fourth-order valence-corrected chi connectivity index (χ4v) is 0.877.